The van der Waals surface area contributed by atoms with Crippen LogP contribution in [0.3, 0.4) is 0 Å². The predicted molar refractivity (Wildman–Crippen MR) is 82.2 cm³/mol. The highest BCUT2D eigenvalue weighted by Gasteiger charge is 2.28. The van der Waals surface area contributed by atoms with Crippen LogP contribution in [0, 0.1) is 0 Å². The van der Waals surface area contributed by atoms with Crippen molar-refractivity contribution in [2.45, 2.75) is 25.4 Å². The van der Waals surface area contributed by atoms with E-state index >= 15 is 0 Å². The minimum absolute atomic E-state index is 0.00782. The van der Waals surface area contributed by atoms with E-state index in [1.54, 1.807) is 0 Å². The van der Waals surface area contributed by atoms with E-state index in [0.29, 0.717) is 5.92 Å². The number of nitrogens with one attached hydrogen (secondary N) is 1. The molecule has 5 heteroatoms. The van der Waals surface area contributed by atoms with Gasteiger partial charge in [0.05, 0.1) is 19.8 Å². The third kappa shape index (κ3) is 3.61. The zero-order valence-electron chi connectivity index (χ0n) is 12.5. The molecule has 2 atom stereocenters. The van der Waals surface area contributed by atoms with Crippen LogP contribution in [0.15, 0.2) is 35.3 Å². The topological polar surface area (TPSA) is 46.1 Å². The average Bonchev–Trinajstić information content (AvgIpc) is 2.98. The van der Waals surface area contributed by atoms with Crippen LogP contribution in [0.5, 0.6) is 0 Å². The van der Waals surface area contributed by atoms with Crippen LogP contribution in [0.2, 0.25) is 0 Å². The Morgan fingerprint density at radius 1 is 1.29 bits per heavy atom. The second kappa shape index (κ2) is 7.02. The first-order valence-corrected chi connectivity index (χ1v) is 7.71. The monoisotopic (exact) mass is 289 g/mol. The zero-order valence-corrected chi connectivity index (χ0v) is 12.5. The van der Waals surface area contributed by atoms with Gasteiger partial charge in [0.2, 0.25) is 5.90 Å². The maximum Gasteiger partial charge on any atom is 0.225 e. The quantitative estimate of drug-likeness (QED) is 0.897. The van der Waals surface area contributed by atoms with E-state index in [1.807, 2.05) is 6.07 Å². The second-order valence-electron chi connectivity index (χ2n) is 5.50. The van der Waals surface area contributed by atoms with Gasteiger partial charge in [-0.25, -0.2) is 4.99 Å². The Bertz CT molecular complexity index is 472. The third-order valence-electron chi connectivity index (χ3n) is 4.09. The first-order valence-electron chi connectivity index (χ1n) is 7.71. The van der Waals surface area contributed by atoms with Crippen LogP contribution in [-0.4, -0.2) is 49.8 Å². The standard InChI is InChI=1S/C16H23N3O2/c1-2-14(13-6-4-3-5-7-13)16-17-15(21-18-16)12-19-8-10-20-11-9-19/h3-7,14,16,18H,2,8-12H2,1H3/t14-,16+/m1/s1. The molecule has 0 saturated carbocycles. The van der Waals surface area contributed by atoms with Gasteiger partial charge in [-0.15, -0.1) is 5.48 Å². The van der Waals surface area contributed by atoms with Crippen LogP contribution >= 0.6 is 0 Å². The molecule has 0 aliphatic carbocycles. The van der Waals surface area contributed by atoms with E-state index in [1.165, 1.54) is 5.56 Å². The molecule has 114 valence electrons. The van der Waals surface area contributed by atoms with Gasteiger partial charge < -0.3 is 9.57 Å². The highest BCUT2D eigenvalue weighted by Crippen LogP contribution is 2.26. The third-order valence-corrected chi connectivity index (χ3v) is 4.09. The Morgan fingerprint density at radius 3 is 2.76 bits per heavy atom. The molecule has 3 rings (SSSR count). The number of rotatable bonds is 5. The van der Waals surface area contributed by atoms with Crippen LogP contribution in [0.1, 0.15) is 24.8 Å². The fourth-order valence-electron chi connectivity index (χ4n) is 2.87. The van der Waals surface area contributed by atoms with Gasteiger partial charge in [0.1, 0.15) is 6.17 Å². The number of nitrogens with zero attached hydrogens (tertiary/aromatic N) is 2. The molecular formula is C16H23N3O2. The summed E-state index contributed by atoms with van der Waals surface area (Å²) in [7, 11) is 0. The van der Waals surface area contributed by atoms with Gasteiger partial charge in [0, 0.05) is 19.0 Å². The van der Waals surface area contributed by atoms with Crippen molar-refractivity contribution in [3.8, 4) is 0 Å². The minimum Gasteiger partial charge on any atom is -0.390 e. The minimum atomic E-state index is 0.00782. The number of hydroxylamine groups is 1. The summed E-state index contributed by atoms with van der Waals surface area (Å²) in [6, 6.07) is 10.5. The van der Waals surface area contributed by atoms with Crippen molar-refractivity contribution in [1.82, 2.24) is 10.4 Å². The number of ether oxygens (including phenoxy) is 1. The van der Waals surface area contributed by atoms with E-state index in [0.717, 1.165) is 45.2 Å². The Morgan fingerprint density at radius 2 is 2.05 bits per heavy atom. The summed E-state index contributed by atoms with van der Waals surface area (Å²) in [5.74, 6) is 1.13. The molecule has 1 fully saturated rings. The normalized spacial score (nSPS) is 24.4. The van der Waals surface area contributed by atoms with E-state index in [2.05, 4.69) is 41.6 Å². The van der Waals surface area contributed by atoms with Crippen molar-refractivity contribution in [2.75, 3.05) is 32.8 Å². The van der Waals surface area contributed by atoms with Crippen LogP contribution < -0.4 is 5.48 Å². The number of hydrogen-bond donors (Lipinski definition) is 1. The van der Waals surface area contributed by atoms with Gasteiger partial charge in [0.15, 0.2) is 0 Å². The average molecular weight is 289 g/mol. The van der Waals surface area contributed by atoms with E-state index in [-0.39, 0.29) is 6.17 Å². The lowest BCUT2D eigenvalue weighted by atomic mass is 9.94. The lowest BCUT2D eigenvalue weighted by Crippen LogP contribution is -2.40. The maximum atomic E-state index is 5.59. The summed E-state index contributed by atoms with van der Waals surface area (Å²) in [6.07, 6.45) is 1.03. The first-order chi connectivity index (χ1) is 10.4. The van der Waals surface area contributed by atoms with Gasteiger partial charge >= 0.3 is 0 Å². The molecule has 0 spiro atoms. The van der Waals surface area contributed by atoms with Crippen molar-refractivity contribution >= 4 is 5.90 Å². The van der Waals surface area contributed by atoms with Crippen molar-refractivity contribution in [3.05, 3.63) is 35.9 Å². The number of aliphatic imine (C=N–C) groups is 1. The number of morpholine rings is 1. The summed E-state index contributed by atoms with van der Waals surface area (Å²) < 4.78 is 5.36. The van der Waals surface area contributed by atoms with Crippen LogP contribution in [0.4, 0.5) is 0 Å². The smallest absolute Gasteiger partial charge is 0.225 e. The van der Waals surface area contributed by atoms with Gasteiger partial charge in [-0.3, -0.25) is 4.90 Å². The van der Waals surface area contributed by atoms with Gasteiger partial charge in [0.25, 0.3) is 0 Å². The number of benzene rings is 1. The lowest BCUT2D eigenvalue weighted by molar-refractivity contribution is 0.0415. The summed E-state index contributed by atoms with van der Waals surface area (Å²) in [5.41, 5.74) is 4.39. The second-order valence-corrected chi connectivity index (χ2v) is 5.50. The van der Waals surface area contributed by atoms with E-state index < -0.39 is 0 Å². The van der Waals surface area contributed by atoms with E-state index in [9.17, 15) is 0 Å². The Hall–Kier alpha value is -1.43. The van der Waals surface area contributed by atoms with Gasteiger partial charge in [-0.2, -0.15) is 0 Å². The maximum absolute atomic E-state index is 5.59. The predicted octanol–water partition coefficient (Wildman–Crippen LogP) is 1.77. The summed E-state index contributed by atoms with van der Waals surface area (Å²) in [4.78, 5) is 12.6. The molecule has 5 nitrogen and oxygen atoms in total. The van der Waals surface area contributed by atoms with Crippen LogP contribution in [0.25, 0.3) is 0 Å². The van der Waals surface area contributed by atoms with Gasteiger partial charge in [-0.05, 0) is 12.0 Å². The van der Waals surface area contributed by atoms with E-state index in [4.69, 9.17) is 14.6 Å². The molecule has 1 saturated heterocycles. The summed E-state index contributed by atoms with van der Waals surface area (Å²) in [6.45, 7) is 6.44. The molecule has 0 unspecified atom stereocenters. The molecule has 0 radical (unpaired) electrons. The van der Waals surface area contributed by atoms with Crippen molar-refractivity contribution in [2.24, 2.45) is 4.99 Å². The van der Waals surface area contributed by atoms with Crippen LogP contribution in [-0.2, 0) is 9.57 Å². The Labute approximate surface area is 125 Å². The first kappa shape index (κ1) is 14.5. The number of hydrogen-bond acceptors (Lipinski definition) is 5. The summed E-state index contributed by atoms with van der Waals surface area (Å²) >= 11 is 0. The molecular weight excluding hydrogens is 266 g/mol. The molecule has 2 heterocycles. The fraction of sp³-hybridized carbons (Fsp3) is 0.562. The molecule has 1 aromatic carbocycles. The summed E-state index contributed by atoms with van der Waals surface area (Å²) in [5, 5.41) is 0. The molecule has 2 aliphatic rings. The lowest BCUT2D eigenvalue weighted by Gasteiger charge is -2.25. The molecule has 1 aromatic rings. The molecule has 1 N–H and O–H groups in total. The largest absolute Gasteiger partial charge is 0.390 e. The van der Waals surface area contributed by atoms with Crippen molar-refractivity contribution < 1.29 is 9.57 Å². The SMILES string of the molecule is CC[C@H](c1ccccc1)[C@H]1N=C(CN2CCOCC2)ON1. The van der Waals surface area contributed by atoms with Crippen molar-refractivity contribution in [1.29, 1.82) is 0 Å². The molecule has 0 aromatic heterocycles. The highest BCUT2D eigenvalue weighted by molar-refractivity contribution is 5.79. The van der Waals surface area contributed by atoms with Gasteiger partial charge in [-0.1, -0.05) is 37.3 Å². The highest BCUT2D eigenvalue weighted by atomic mass is 16.7. The Kier molecular flexibility index (Phi) is 4.85. The fourth-order valence-corrected chi connectivity index (χ4v) is 2.87. The van der Waals surface area contributed by atoms with Crippen molar-refractivity contribution in [3.63, 3.8) is 0 Å². The molecule has 0 bridgehead atoms. The zero-order chi connectivity index (χ0) is 14.5. The molecule has 21 heavy (non-hydrogen) atoms. The Balaban J connectivity index is 1.63. The molecule has 0 amide bonds. The molecule has 2 aliphatic heterocycles.